The number of nitrogens with zero attached hydrogens (tertiary/aromatic N) is 3. The molecule has 9 heteroatoms. The first-order chi connectivity index (χ1) is 16.1. The second-order valence-electron chi connectivity index (χ2n) is 9.39. The Morgan fingerprint density at radius 2 is 1.79 bits per heavy atom. The summed E-state index contributed by atoms with van der Waals surface area (Å²) in [5.74, 6) is -0.114. The fraction of sp³-hybridized carbons (Fsp3) is 0.440. The molecule has 2 aliphatic heterocycles. The molecule has 1 atom stereocenters. The lowest BCUT2D eigenvalue weighted by atomic mass is 9.96. The molecule has 34 heavy (non-hydrogen) atoms. The molecule has 182 valence electrons. The minimum atomic E-state index is -3.69. The van der Waals surface area contributed by atoms with Gasteiger partial charge in [-0.2, -0.15) is 0 Å². The van der Waals surface area contributed by atoms with E-state index in [4.69, 9.17) is 0 Å². The first-order valence-corrected chi connectivity index (χ1v) is 13.1. The average Bonchev–Trinajstić information content (AvgIpc) is 2.81. The molecule has 2 amide bonds. The summed E-state index contributed by atoms with van der Waals surface area (Å²) in [7, 11) is -0.755. The Morgan fingerprint density at radius 1 is 1.09 bits per heavy atom. The Balaban J connectivity index is 1.65. The molecule has 1 N–H and O–H groups in total. The van der Waals surface area contributed by atoms with Crippen molar-refractivity contribution in [3.63, 3.8) is 0 Å². The number of rotatable bonds is 6. The van der Waals surface area contributed by atoms with Crippen molar-refractivity contribution in [2.45, 2.75) is 50.0 Å². The molecule has 0 aliphatic carbocycles. The summed E-state index contributed by atoms with van der Waals surface area (Å²) in [5, 5.41) is 2.87. The number of fused-ring (bicyclic) bond motifs is 3. The van der Waals surface area contributed by atoms with Gasteiger partial charge in [0, 0.05) is 26.3 Å². The van der Waals surface area contributed by atoms with Crippen LogP contribution in [-0.4, -0.2) is 57.8 Å². The molecular formula is C25H32N4O4S. The summed E-state index contributed by atoms with van der Waals surface area (Å²) in [5.41, 5.74) is 3.07. The molecule has 4 rings (SSSR count). The Kier molecular flexibility index (Phi) is 6.69. The molecule has 1 saturated heterocycles. The lowest BCUT2D eigenvalue weighted by Crippen LogP contribution is -2.56. The van der Waals surface area contributed by atoms with Crippen molar-refractivity contribution >= 4 is 38.9 Å². The van der Waals surface area contributed by atoms with E-state index in [1.54, 1.807) is 12.1 Å². The number of nitrogens with one attached hydrogen (secondary N) is 1. The van der Waals surface area contributed by atoms with E-state index in [-0.39, 0.29) is 29.3 Å². The predicted octanol–water partition coefficient (Wildman–Crippen LogP) is 3.40. The monoisotopic (exact) mass is 484 g/mol. The van der Waals surface area contributed by atoms with Gasteiger partial charge >= 0.3 is 0 Å². The lowest BCUT2D eigenvalue weighted by Gasteiger charge is -2.45. The molecule has 1 fully saturated rings. The fourth-order valence-electron chi connectivity index (χ4n) is 4.57. The van der Waals surface area contributed by atoms with Gasteiger partial charge in [0.05, 0.1) is 16.3 Å². The van der Waals surface area contributed by atoms with Crippen molar-refractivity contribution in [1.82, 2.24) is 4.31 Å². The van der Waals surface area contributed by atoms with Gasteiger partial charge < -0.3 is 10.2 Å². The van der Waals surface area contributed by atoms with Crippen LogP contribution in [0.3, 0.4) is 0 Å². The first-order valence-electron chi connectivity index (χ1n) is 11.6. The largest absolute Gasteiger partial charge is 0.358 e. The molecule has 2 heterocycles. The SMILES string of the molecule is CC(C)c1ccc(NC(=O)CN2C(=O)[C@@H]3CCCCN3c3ccc(S(=O)(=O)N(C)C)cc32)cc1. The number of anilines is 3. The fourth-order valence-corrected chi connectivity index (χ4v) is 5.49. The smallest absolute Gasteiger partial charge is 0.250 e. The standard InChI is InChI=1S/C25H32N4O4S/c1-17(2)18-8-10-19(11-9-18)26-24(30)16-29-23-15-20(34(32,33)27(3)4)12-13-21(23)28-14-6-5-7-22(28)25(29)31/h8-13,15,17,22H,5-7,14,16H2,1-4H3,(H,26,30)/t22-/m0/s1. The number of hydrogen-bond donors (Lipinski definition) is 1. The third-order valence-electron chi connectivity index (χ3n) is 6.54. The topological polar surface area (TPSA) is 90.0 Å². The molecule has 0 unspecified atom stereocenters. The van der Waals surface area contributed by atoms with Gasteiger partial charge in [-0.15, -0.1) is 0 Å². The zero-order chi connectivity index (χ0) is 24.6. The molecule has 2 aliphatic rings. The molecule has 0 aromatic heterocycles. The van der Waals surface area contributed by atoms with Crippen LogP contribution in [0.1, 0.15) is 44.6 Å². The second kappa shape index (κ2) is 9.38. The van der Waals surface area contributed by atoms with E-state index in [1.807, 2.05) is 29.2 Å². The van der Waals surface area contributed by atoms with Crippen LogP contribution in [-0.2, 0) is 19.6 Å². The summed E-state index contributed by atoms with van der Waals surface area (Å²) in [6.45, 7) is 4.75. The molecule has 2 aromatic rings. The third kappa shape index (κ3) is 4.54. The van der Waals surface area contributed by atoms with Gasteiger partial charge in [0.2, 0.25) is 21.8 Å². The number of hydrogen-bond acceptors (Lipinski definition) is 5. The van der Waals surface area contributed by atoms with Crippen LogP contribution >= 0.6 is 0 Å². The highest BCUT2D eigenvalue weighted by Gasteiger charge is 2.40. The summed E-state index contributed by atoms with van der Waals surface area (Å²) in [6.07, 6.45) is 2.62. The number of carbonyl (C=O) groups is 2. The second-order valence-corrected chi connectivity index (χ2v) is 11.5. The van der Waals surface area contributed by atoms with Crippen LogP contribution in [0, 0.1) is 0 Å². The average molecular weight is 485 g/mol. The maximum atomic E-state index is 13.5. The van der Waals surface area contributed by atoms with Crippen molar-refractivity contribution in [2.24, 2.45) is 0 Å². The van der Waals surface area contributed by atoms with E-state index in [0.717, 1.165) is 29.4 Å². The molecule has 0 radical (unpaired) electrons. The van der Waals surface area contributed by atoms with Crippen molar-refractivity contribution in [1.29, 1.82) is 0 Å². The predicted molar refractivity (Wildman–Crippen MR) is 134 cm³/mol. The maximum absolute atomic E-state index is 13.5. The van der Waals surface area contributed by atoms with Crippen LogP contribution < -0.4 is 15.1 Å². The van der Waals surface area contributed by atoms with Crippen molar-refractivity contribution in [2.75, 3.05) is 42.3 Å². The summed E-state index contributed by atoms with van der Waals surface area (Å²) >= 11 is 0. The van der Waals surface area contributed by atoms with Crippen molar-refractivity contribution in [3.8, 4) is 0 Å². The number of piperidine rings is 1. The Hall–Kier alpha value is -2.91. The number of carbonyl (C=O) groups excluding carboxylic acids is 2. The summed E-state index contributed by atoms with van der Waals surface area (Å²) in [4.78, 5) is 30.0. The first kappa shape index (κ1) is 24.2. The molecule has 0 bridgehead atoms. The zero-order valence-corrected chi connectivity index (χ0v) is 20.9. The van der Waals surface area contributed by atoms with Gasteiger partial charge in [-0.1, -0.05) is 26.0 Å². The molecule has 2 aromatic carbocycles. The van der Waals surface area contributed by atoms with E-state index in [2.05, 4.69) is 19.2 Å². The van der Waals surface area contributed by atoms with Crippen LogP contribution in [0.5, 0.6) is 0 Å². The number of benzene rings is 2. The molecule has 0 saturated carbocycles. The lowest BCUT2D eigenvalue weighted by molar-refractivity contribution is -0.123. The van der Waals surface area contributed by atoms with Gasteiger partial charge in [0.15, 0.2) is 0 Å². The van der Waals surface area contributed by atoms with E-state index in [9.17, 15) is 18.0 Å². The van der Waals surface area contributed by atoms with Gasteiger partial charge in [0.1, 0.15) is 12.6 Å². The van der Waals surface area contributed by atoms with E-state index in [0.29, 0.717) is 23.7 Å². The van der Waals surface area contributed by atoms with E-state index in [1.165, 1.54) is 30.6 Å². The van der Waals surface area contributed by atoms with Crippen molar-refractivity contribution in [3.05, 3.63) is 48.0 Å². The van der Waals surface area contributed by atoms with Gasteiger partial charge in [0.25, 0.3) is 0 Å². The quantitative estimate of drug-likeness (QED) is 0.679. The number of amides is 2. The van der Waals surface area contributed by atoms with Gasteiger partial charge in [-0.25, -0.2) is 12.7 Å². The van der Waals surface area contributed by atoms with Gasteiger partial charge in [-0.05, 0) is 61.1 Å². The van der Waals surface area contributed by atoms with Crippen LogP contribution in [0.2, 0.25) is 0 Å². The Bertz CT molecular complexity index is 1190. The molecular weight excluding hydrogens is 452 g/mol. The maximum Gasteiger partial charge on any atom is 0.250 e. The third-order valence-corrected chi connectivity index (χ3v) is 8.35. The Labute approximate surface area is 201 Å². The highest BCUT2D eigenvalue weighted by atomic mass is 32.2. The summed E-state index contributed by atoms with van der Waals surface area (Å²) < 4.78 is 26.7. The van der Waals surface area contributed by atoms with Crippen LogP contribution in [0.25, 0.3) is 0 Å². The zero-order valence-electron chi connectivity index (χ0n) is 20.1. The van der Waals surface area contributed by atoms with E-state index < -0.39 is 10.0 Å². The minimum absolute atomic E-state index is 0.0918. The molecule has 8 nitrogen and oxygen atoms in total. The van der Waals surface area contributed by atoms with Gasteiger partial charge in [-0.3, -0.25) is 14.5 Å². The minimum Gasteiger partial charge on any atom is -0.358 e. The van der Waals surface area contributed by atoms with Crippen molar-refractivity contribution < 1.29 is 18.0 Å². The Morgan fingerprint density at radius 3 is 2.44 bits per heavy atom. The van der Waals surface area contributed by atoms with Crippen LogP contribution in [0.15, 0.2) is 47.4 Å². The van der Waals surface area contributed by atoms with E-state index >= 15 is 0 Å². The highest BCUT2D eigenvalue weighted by molar-refractivity contribution is 7.89. The summed E-state index contributed by atoms with van der Waals surface area (Å²) in [6, 6.07) is 12.2. The highest BCUT2D eigenvalue weighted by Crippen LogP contribution is 2.40. The number of sulfonamides is 1. The molecule has 0 spiro atoms. The van der Waals surface area contributed by atoms with Crippen LogP contribution in [0.4, 0.5) is 17.1 Å². The normalized spacial score (nSPS) is 18.2.